The summed E-state index contributed by atoms with van der Waals surface area (Å²) >= 11 is 0. The van der Waals surface area contributed by atoms with E-state index in [0.29, 0.717) is 5.92 Å². The van der Waals surface area contributed by atoms with Gasteiger partial charge in [-0.3, -0.25) is 14.9 Å². The number of nitro benzene ring substituents is 1. The van der Waals surface area contributed by atoms with Crippen LogP contribution in [0.3, 0.4) is 0 Å². The Kier molecular flexibility index (Phi) is 5.31. The van der Waals surface area contributed by atoms with Crippen LogP contribution in [-0.4, -0.2) is 30.0 Å². The van der Waals surface area contributed by atoms with Crippen molar-refractivity contribution < 1.29 is 19.2 Å². The first-order valence-electron chi connectivity index (χ1n) is 7.59. The van der Waals surface area contributed by atoms with Gasteiger partial charge in [0, 0.05) is 23.7 Å². The highest BCUT2D eigenvalue weighted by Gasteiger charge is 2.23. The fraction of sp³-hybridized carbons (Fsp3) is 0.500. The Morgan fingerprint density at radius 3 is 2.57 bits per heavy atom. The molecule has 7 nitrogen and oxygen atoms in total. The maximum atomic E-state index is 12.4. The largest absolute Gasteiger partial charge is 0.465 e. The van der Waals surface area contributed by atoms with Gasteiger partial charge in [0.2, 0.25) is 0 Å². The molecule has 1 aliphatic carbocycles. The number of hydrogen-bond acceptors (Lipinski definition) is 5. The molecule has 2 rings (SSSR count). The minimum atomic E-state index is -0.714. The summed E-state index contributed by atoms with van der Waals surface area (Å²) < 4.78 is 4.58. The molecular formula is C16H20N2O5. The molecule has 0 aromatic heterocycles. The number of amides is 1. The summed E-state index contributed by atoms with van der Waals surface area (Å²) in [5, 5.41) is 13.9. The number of rotatable bonds is 4. The number of esters is 1. The van der Waals surface area contributed by atoms with Crippen molar-refractivity contribution in [1.82, 2.24) is 5.32 Å². The molecule has 0 bridgehead atoms. The molecule has 0 saturated heterocycles. The zero-order chi connectivity index (χ0) is 17.0. The Morgan fingerprint density at radius 2 is 1.96 bits per heavy atom. The van der Waals surface area contributed by atoms with Crippen molar-refractivity contribution in [1.29, 1.82) is 0 Å². The second kappa shape index (κ2) is 7.21. The van der Waals surface area contributed by atoms with Crippen molar-refractivity contribution in [3.63, 3.8) is 0 Å². The summed E-state index contributed by atoms with van der Waals surface area (Å²) in [6, 6.07) is 3.66. The quantitative estimate of drug-likeness (QED) is 0.522. The van der Waals surface area contributed by atoms with Crippen LogP contribution < -0.4 is 5.32 Å². The van der Waals surface area contributed by atoms with E-state index in [1.165, 1.54) is 19.2 Å². The normalized spacial score (nSPS) is 20.6. The van der Waals surface area contributed by atoms with Crippen LogP contribution in [0.15, 0.2) is 18.2 Å². The average Bonchev–Trinajstić information content (AvgIpc) is 2.53. The first-order chi connectivity index (χ1) is 10.9. The number of nitrogens with zero attached hydrogens (tertiary/aromatic N) is 1. The summed E-state index contributed by atoms with van der Waals surface area (Å²) in [6.45, 7) is 2.14. The lowest BCUT2D eigenvalue weighted by molar-refractivity contribution is -0.384. The lowest BCUT2D eigenvalue weighted by Gasteiger charge is -2.27. The van der Waals surface area contributed by atoms with Crippen LogP contribution in [0.2, 0.25) is 0 Å². The smallest absolute Gasteiger partial charge is 0.338 e. The molecule has 7 heteroatoms. The van der Waals surface area contributed by atoms with Crippen LogP contribution in [0.4, 0.5) is 5.69 Å². The summed E-state index contributed by atoms with van der Waals surface area (Å²) in [6.07, 6.45) is 3.99. The van der Waals surface area contributed by atoms with Crippen LogP contribution >= 0.6 is 0 Å². The molecule has 124 valence electrons. The van der Waals surface area contributed by atoms with Crippen LogP contribution in [0.5, 0.6) is 0 Å². The molecule has 1 saturated carbocycles. The van der Waals surface area contributed by atoms with E-state index >= 15 is 0 Å². The third-order valence-electron chi connectivity index (χ3n) is 4.08. The third kappa shape index (κ3) is 4.28. The third-order valence-corrected chi connectivity index (χ3v) is 4.08. The van der Waals surface area contributed by atoms with Crippen molar-refractivity contribution in [3.05, 3.63) is 39.4 Å². The molecule has 2 unspecified atom stereocenters. The minimum Gasteiger partial charge on any atom is -0.465 e. The highest BCUT2D eigenvalue weighted by atomic mass is 16.6. The zero-order valence-corrected chi connectivity index (χ0v) is 13.2. The topological polar surface area (TPSA) is 98.5 Å². The van der Waals surface area contributed by atoms with Gasteiger partial charge in [0.05, 0.1) is 17.6 Å². The molecule has 2 atom stereocenters. The van der Waals surface area contributed by atoms with Crippen molar-refractivity contribution in [2.75, 3.05) is 7.11 Å². The lowest BCUT2D eigenvalue weighted by atomic mass is 9.87. The van der Waals surface area contributed by atoms with E-state index < -0.39 is 16.8 Å². The number of non-ortho nitro benzene ring substituents is 1. The van der Waals surface area contributed by atoms with E-state index in [1.54, 1.807) is 0 Å². The zero-order valence-electron chi connectivity index (χ0n) is 13.2. The fourth-order valence-corrected chi connectivity index (χ4v) is 2.92. The average molecular weight is 320 g/mol. The number of carbonyl (C=O) groups excluding carboxylic acids is 2. The highest BCUT2D eigenvalue weighted by molar-refractivity contribution is 5.99. The van der Waals surface area contributed by atoms with Gasteiger partial charge in [0.15, 0.2) is 0 Å². The Morgan fingerprint density at radius 1 is 1.26 bits per heavy atom. The monoisotopic (exact) mass is 320 g/mol. The Hall–Kier alpha value is -2.44. The van der Waals surface area contributed by atoms with Crippen LogP contribution in [0.1, 0.15) is 53.3 Å². The van der Waals surface area contributed by atoms with Gasteiger partial charge in [0.25, 0.3) is 11.6 Å². The summed E-state index contributed by atoms with van der Waals surface area (Å²) in [7, 11) is 1.18. The lowest BCUT2D eigenvalue weighted by Crippen LogP contribution is -2.38. The first kappa shape index (κ1) is 16.9. The molecule has 1 amide bonds. The van der Waals surface area contributed by atoms with Gasteiger partial charge in [-0.1, -0.05) is 19.8 Å². The second-order valence-corrected chi connectivity index (χ2v) is 5.96. The molecule has 23 heavy (non-hydrogen) atoms. The second-order valence-electron chi connectivity index (χ2n) is 5.96. The number of benzene rings is 1. The summed E-state index contributed by atoms with van der Waals surface area (Å²) in [5.74, 6) is -0.572. The molecule has 1 N–H and O–H groups in total. The predicted octanol–water partition coefficient (Wildman–Crippen LogP) is 2.69. The molecule has 0 heterocycles. The molecule has 1 aliphatic rings. The van der Waals surface area contributed by atoms with E-state index in [9.17, 15) is 19.7 Å². The van der Waals surface area contributed by atoms with Gasteiger partial charge >= 0.3 is 5.97 Å². The van der Waals surface area contributed by atoms with Gasteiger partial charge < -0.3 is 10.1 Å². The molecule has 1 fully saturated rings. The van der Waals surface area contributed by atoms with E-state index in [1.807, 2.05) is 0 Å². The van der Waals surface area contributed by atoms with Gasteiger partial charge in [-0.2, -0.15) is 0 Å². The van der Waals surface area contributed by atoms with E-state index in [4.69, 9.17) is 0 Å². The molecule has 1 aromatic rings. The number of methoxy groups -OCH3 is 1. The Balaban J connectivity index is 2.22. The van der Waals surface area contributed by atoms with Crippen LogP contribution in [0.25, 0.3) is 0 Å². The van der Waals surface area contributed by atoms with Crippen molar-refractivity contribution >= 4 is 17.6 Å². The molecule has 1 aromatic carbocycles. The fourth-order valence-electron chi connectivity index (χ4n) is 2.92. The number of nitrogens with one attached hydrogen (secondary N) is 1. The SMILES string of the molecule is COC(=O)c1cc(C(=O)NC2CCCC(C)C2)cc([N+](=O)[O-])c1. The summed E-state index contributed by atoms with van der Waals surface area (Å²) in [5.41, 5.74) is -0.225. The van der Waals surface area contributed by atoms with E-state index in [-0.39, 0.29) is 22.9 Å². The van der Waals surface area contributed by atoms with E-state index in [0.717, 1.165) is 31.7 Å². The molecule has 0 aliphatic heterocycles. The van der Waals surface area contributed by atoms with Gasteiger partial charge in [-0.05, 0) is 24.8 Å². The van der Waals surface area contributed by atoms with Crippen LogP contribution in [-0.2, 0) is 4.74 Å². The van der Waals surface area contributed by atoms with E-state index in [2.05, 4.69) is 17.0 Å². The van der Waals surface area contributed by atoms with Gasteiger partial charge in [0.1, 0.15) is 0 Å². The molecule has 0 spiro atoms. The molecule has 0 radical (unpaired) electrons. The number of hydrogen-bond donors (Lipinski definition) is 1. The minimum absolute atomic E-state index is 0.0103. The van der Waals surface area contributed by atoms with Crippen molar-refractivity contribution in [2.24, 2.45) is 5.92 Å². The predicted molar refractivity (Wildman–Crippen MR) is 83.3 cm³/mol. The highest BCUT2D eigenvalue weighted by Crippen LogP contribution is 2.24. The number of nitro groups is 1. The first-order valence-corrected chi connectivity index (χ1v) is 7.59. The maximum absolute atomic E-state index is 12.4. The Labute approximate surface area is 134 Å². The van der Waals surface area contributed by atoms with Gasteiger partial charge in [-0.25, -0.2) is 4.79 Å². The number of ether oxygens (including phenoxy) is 1. The Bertz CT molecular complexity index is 629. The number of carbonyl (C=O) groups is 2. The van der Waals surface area contributed by atoms with Crippen LogP contribution in [0, 0.1) is 16.0 Å². The van der Waals surface area contributed by atoms with Crippen molar-refractivity contribution in [2.45, 2.75) is 38.6 Å². The van der Waals surface area contributed by atoms with Gasteiger partial charge in [-0.15, -0.1) is 0 Å². The van der Waals surface area contributed by atoms with Crippen molar-refractivity contribution in [3.8, 4) is 0 Å². The summed E-state index contributed by atoms with van der Waals surface area (Å²) in [4.78, 5) is 34.4. The standard InChI is InChI=1S/C16H20N2O5/c1-10-4-3-5-13(6-10)17-15(19)11-7-12(16(20)23-2)9-14(8-11)18(21)22/h7-10,13H,3-6H2,1-2H3,(H,17,19). The maximum Gasteiger partial charge on any atom is 0.338 e. The molecular weight excluding hydrogens is 300 g/mol.